The van der Waals surface area contributed by atoms with Crippen LogP contribution in [0, 0.1) is 0 Å². The second kappa shape index (κ2) is 6.10. The van der Waals surface area contributed by atoms with Crippen LogP contribution in [-0.2, 0) is 6.42 Å². The molecule has 2 nitrogen and oxygen atoms in total. The lowest BCUT2D eigenvalue weighted by molar-refractivity contribution is 0.626. The summed E-state index contributed by atoms with van der Waals surface area (Å²) in [6.07, 6.45) is 3.34. The second-order valence-electron chi connectivity index (χ2n) is 5.53. The third kappa shape index (κ3) is 2.86. The maximum Gasteiger partial charge on any atom is 0.0414 e. The average Bonchev–Trinajstić information content (AvgIpc) is 2.66. The number of benzene rings is 2. The number of hydrogen-bond donors (Lipinski definition) is 1. The Bertz CT molecular complexity index is 550. The smallest absolute Gasteiger partial charge is 0.0414 e. The van der Waals surface area contributed by atoms with Crippen LogP contribution in [0.2, 0.25) is 0 Å². The quantitative estimate of drug-likeness (QED) is 0.921. The minimum atomic E-state index is 0.188. The van der Waals surface area contributed by atoms with Gasteiger partial charge in [-0.15, -0.1) is 0 Å². The number of hydrogen-bond acceptors (Lipinski definition) is 2. The zero-order chi connectivity index (χ0) is 13.8. The summed E-state index contributed by atoms with van der Waals surface area (Å²) in [5, 5.41) is 0. The van der Waals surface area contributed by atoms with Crippen molar-refractivity contribution in [2.75, 3.05) is 18.0 Å². The van der Waals surface area contributed by atoms with Crippen molar-refractivity contribution >= 4 is 5.69 Å². The van der Waals surface area contributed by atoms with Crippen LogP contribution in [0.1, 0.15) is 30.0 Å². The second-order valence-corrected chi connectivity index (χ2v) is 5.53. The maximum atomic E-state index is 6.29. The summed E-state index contributed by atoms with van der Waals surface area (Å²) in [7, 11) is 0. The van der Waals surface area contributed by atoms with E-state index >= 15 is 0 Å². The molecule has 1 heterocycles. The minimum absolute atomic E-state index is 0.188. The molecule has 0 spiro atoms. The molecular formula is C18H22N2. The van der Waals surface area contributed by atoms with Crippen LogP contribution < -0.4 is 10.6 Å². The van der Waals surface area contributed by atoms with Gasteiger partial charge >= 0.3 is 0 Å². The van der Waals surface area contributed by atoms with Crippen LogP contribution in [-0.4, -0.2) is 13.1 Å². The molecule has 0 aliphatic carbocycles. The van der Waals surface area contributed by atoms with Crippen molar-refractivity contribution < 1.29 is 0 Å². The number of nitrogens with two attached hydrogens (primary N) is 1. The maximum absolute atomic E-state index is 6.29. The van der Waals surface area contributed by atoms with Crippen molar-refractivity contribution in [3.63, 3.8) is 0 Å². The molecule has 1 atom stereocenters. The van der Waals surface area contributed by atoms with Crippen molar-refractivity contribution in [3.05, 3.63) is 65.7 Å². The van der Waals surface area contributed by atoms with E-state index in [1.807, 2.05) is 0 Å². The van der Waals surface area contributed by atoms with Crippen LogP contribution >= 0.6 is 0 Å². The average molecular weight is 266 g/mol. The van der Waals surface area contributed by atoms with Gasteiger partial charge in [-0.3, -0.25) is 0 Å². The van der Waals surface area contributed by atoms with E-state index in [4.69, 9.17) is 5.73 Å². The van der Waals surface area contributed by atoms with E-state index in [0.717, 1.165) is 25.9 Å². The number of anilines is 1. The SMILES string of the molecule is NC1CCCN(CCc2ccccc2)c2ccccc21. The fourth-order valence-electron chi connectivity index (χ4n) is 3.01. The first-order valence-electron chi connectivity index (χ1n) is 7.48. The van der Waals surface area contributed by atoms with Gasteiger partial charge in [0.15, 0.2) is 0 Å². The third-order valence-electron chi connectivity index (χ3n) is 4.13. The lowest BCUT2D eigenvalue weighted by atomic mass is 10.0. The lowest BCUT2D eigenvalue weighted by Gasteiger charge is -2.25. The molecule has 1 unspecified atom stereocenters. The molecule has 0 aromatic heterocycles. The van der Waals surface area contributed by atoms with Gasteiger partial charge in [0.1, 0.15) is 0 Å². The molecule has 1 aliphatic rings. The normalized spacial score (nSPS) is 18.4. The minimum Gasteiger partial charge on any atom is -0.371 e. The van der Waals surface area contributed by atoms with Crippen molar-refractivity contribution in [2.24, 2.45) is 5.73 Å². The highest BCUT2D eigenvalue weighted by Gasteiger charge is 2.19. The van der Waals surface area contributed by atoms with Gasteiger partial charge in [0.2, 0.25) is 0 Å². The Hall–Kier alpha value is -1.80. The molecule has 0 bridgehead atoms. The van der Waals surface area contributed by atoms with Crippen molar-refractivity contribution in [1.82, 2.24) is 0 Å². The van der Waals surface area contributed by atoms with E-state index in [1.54, 1.807) is 0 Å². The van der Waals surface area contributed by atoms with E-state index in [0.29, 0.717) is 0 Å². The third-order valence-corrected chi connectivity index (χ3v) is 4.13. The number of fused-ring (bicyclic) bond motifs is 1. The fraction of sp³-hybridized carbons (Fsp3) is 0.333. The Morgan fingerprint density at radius 3 is 2.60 bits per heavy atom. The molecule has 0 fully saturated rings. The highest BCUT2D eigenvalue weighted by Crippen LogP contribution is 2.31. The van der Waals surface area contributed by atoms with Crippen molar-refractivity contribution in [2.45, 2.75) is 25.3 Å². The van der Waals surface area contributed by atoms with Crippen LogP contribution in [0.15, 0.2) is 54.6 Å². The monoisotopic (exact) mass is 266 g/mol. The molecule has 2 heteroatoms. The zero-order valence-electron chi connectivity index (χ0n) is 11.8. The predicted octanol–water partition coefficient (Wildman–Crippen LogP) is 3.53. The fourth-order valence-corrected chi connectivity index (χ4v) is 3.01. The molecular weight excluding hydrogens is 244 g/mol. The Kier molecular flexibility index (Phi) is 4.03. The first-order valence-corrected chi connectivity index (χ1v) is 7.48. The number of rotatable bonds is 3. The Balaban J connectivity index is 1.77. The van der Waals surface area contributed by atoms with Gasteiger partial charge in [0, 0.05) is 24.8 Å². The predicted molar refractivity (Wildman–Crippen MR) is 85.0 cm³/mol. The largest absolute Gasteiger partial charge is 0.371 e. The van der Waals surface area contributed by atoms with Gasteiger partial charge in [-0.1, -0.05) is 48.5 Å². The highest BCUT2D eigenvalue weighted by molar-refractivity contribution is 5.55. The molecule has 0 saturated carbocycles. The van der Waals surface area contributed by atoms with Gasteiger partial charge in [0.05, 0.1) is 0 Å². The van der Waals surface area contributed by atoms with Gasteiger partial charge in [-0.2, -0.15) is 0 Å². The van der Waals surface area contributed by atoms with E-state index < -0.39 is 0 Å². The van der Waals surface area contributed by atoms with Crippen LogP contribution in [0.25, 0.3) is 0 Å². The highest BCUT2D eigenvalue weighted by atomic mass is 15.1. The van der Waals surface area contributed by atoms with Crippen LogP contribution in [0.5, 0.6) is 0 Å². The molecule has 2 aromatic rings. The first-order chi connectivity index (χ1) is 9.84. The summed E-state index contributed by atoms with van der Waals surface area (Å²) >= 11 is 0. The Morgan fingerprint density at radius 2 is 1.75 bits per heavy atom. The van der Waals surface area contributed by atoms with Gasteiger partial charge in [-0.05, 0) is 36.5 Å². The molecule has 104 valence electrons. The van der Waals surface area contributed by atoms with Gasteiger partial charge in [-0.25, -0.2) is 0 Å². The van der Waals surface area contributed by atoms with Crippen LogP contribution in [0.4, 0.5) is 5.69 Å². The number of para-hydroxylation sites is 1. The molecule has 1 aliphatic heterocycles. The van der Waals surface area contributed by atoms with Gasteiger partial charge in [0.25, 0.3) is 0 Å². The molecule has 0 saturated heterocycles. The van der Waals surface area contributed by atoms with Gasteiger partial charge < -0.3 is 10.6 Å². The standard InChI is InChI=1S/C18H22N2/c19-17-10-6-13-20(18-11-5-4-9-16(17)18)14-12-15-7-2-1-3-8-15/h1-5,7-9,11,17H,6,10,12-14,19H2. The Labute approximate surface area is 121 Å². The molecule has 0 amide bonds. The summed E-state index contributed by atoms with van der Waals surface area (Å²) in [6, 6.07) is 19.5. The van der Waals surface area contributed by atoms with E-state index in [9.17, 15) is 0 Å². The van der Waals surface area contributed by atoms with E-state index in [2.05, 4.69) is 59.5 Å². The number of nitrogens with zero attached hydrogens (tertiary/aromatic N) is 1. The zero-order valence-corrected chi connectivity index (χ0v) is 11.8. The lowest BCUT2D eigenvalue weighted by Crippen LogP contribution is -2.26. The summed E-state index contributed by atoms with van der Waals surface area (Å²) in [4.78, 5) is 2.50. The molecule has 20 heavy (non-hydrogen) atoms. The van der Waals surface area contributed by atoms with Crippen molar-refractivity contribution in [1.29, 1.82) is 0 Å². The van der Waals surface area contributed by atoms with E-state index in [1.165, 1.54) is 23.2 Å². The molecule has 3 rings (SSSR count). The Morgan fingerprint density at radius 1 is 1.00 bits per heavy atom. The van der Waals surface area contributed by atoms with Crippen LogP contribution in [0.3, 0.4) is 0 Å². The molecule has 2 aromatic carbocycles. The topological polar surface area (TPSA) is 29.3 Å². The summed E-state index contributed by atoms with van der Waals surface area (Å²) in [5.41, 5.74) is 10.3. The summed E-state index contributed by atoms with van der Waals surface area (Å²) in [6.45, 7) is 2.17. The van der Waals surface area contributed by atoms with Crippen molar-refractivity contribution in [3.8, 4) is 0 Å². The summed E-state index contributed by atoms with van der Waals surface area (Å²) < 4.78 is 0. The van der Waals surface area contributed by atoms with E-state index in [-0.39, 0.29) is 6.04 Å². The molecule has 0 radical (unpaired) electrons. The molecule has 2 N–H and O–H groups in total. The summed E-state index contributed by atoms with van der Waals surface area (Å²) in [5.74, 6) is 0. The first kappa shape index (κ1) is 13.2.